The standard InChI is InChI=1S/C64H70BN3Si/c1-60(2,3)43-27-31-47(32-28-43)67-52-36-45(62(7,8)9)38-56-59(52)65-57-53(39-48(40-54(57)67)68-50-24-18-17-23-49(50)63(10)33-19-20-34-64(63,68)11)66(46-29-25-42(26-30-46)41-21-15-14-16-22-41)51-35-44(61(4,5)6)37-55(58(51)65)69(56,12)13/h14-18,21-32,35-40H,19-20,33-34H2,1-13H3. The number of nitrogens with zero attached hydrogens (tertiary/aromatic N) is 3. The van der Waals surface area contributed by atoms with Gasteiger partial charge in [0.05, 0.1) is 5.54 Å². The molecule has 12 rings (SSSR count). The van der Waals surface area contributed by atoms with Crippen molar-refractivity contribution in [1.82, 2.24) is 0 Å². The number of anilines is 8. The summed E-state index contributed by atoms with van der Waals surface area (Å²) in [5, 5.41) is 3.18. The lowest BCUT2D eigenvalue weighted by molar-refractivity contribution is 0.195. The second-order valence-electron chi connectivity index (χ2n) is 25.4. The van der Waals surface area contributed by atoms with Crippen molar-refractivity contribution in [3.63, 3.8) is 0 Å². The summed E-state index contributed by atoms with van der Waals surface area (Å²) in [5.41, 5.74) is 22.9. The minimum Gasteiger partial charge on any atom is -0.334 e. The van der Waals surface area contributed by atoms with Crippen molar-refractivity contribution >= 4 is 87.0 Å². The van der Waals surface area contributed by atoms with Crippen LogP contribution in [0.2, 0.25) is 13.1 Å². The van der Waals surface area contributed by atoms with Crippen molar-refractivity contribution < 1.29 is 0 Å². The third-order valence-electron chi connectivity index (χ3n) is 17.8. The molecule has 0 amide bonds. The lowest BCUT2D eigenvalue weighted by Crippen LogP contribution is -2.79. The summed E-state index contributed by atoms with van der Waals surface area (Å²) in [6, 6.07) is 55.2. The van der Waals surface area contributed by atoms with Crippen LogP contribution in [-0.4, -0.2) is 20.3 Å². The predicted octanol–water partition coefficient (Wildman–Crippen LogP) is 14.2. The highest BCUT2D eigenvalue weighted by Crippen LogP contribution is 2.62. The third kappa shape index (κ3) is 6.30. The minimum atomic E-state index is -2.35. The van der Waals surface area contributed by atoms with Crippen molar-refractivity contribution in [2.24, 2.45) is 0 Å². The summed E-state index contributed by atoms with van der Waals surface area (Å²) < 4.78 is 0. The first-order valence-electron chi connectivity index (χ1n) is 25.9. The van der Waals surface area contributed by atoms with E-state index in [-0.39, 0.29) is 33.9 Å². The molecule has 348 valence electrons. The molecule has 5 aliphatic rings. The fourth-order valence-corrected chi connectivity index (χ4v) is 16.8. The molecule has 0 aromatic heterocycles. The molecular formula is C64H70BN3Si. The average molecular weight is 920 g/mol. The first-order chi connectivity index (χ1) is 32.6. The first-order valence-corrected chi connectivity index (χ1v) is 28.9. The number of rotatable bonds is 4. The average Bonchev–Trinajstić information content (AvgIpc) is 3.52. The lowest BCUT2D eigenvalue weighted by Gasteiger charge is -2.52. The molecule has 0 radical (unpaired) electrons. The maximum Gasteiger partial charge on any atom is 0.251 e. The molecule has 69 heavy (non-hydrogen) atoms. The lowest BCUT2D eigenvalue weighted by atomic mass is 9.33. The smallest absolute Gasteiger partial charge is 0.251 e. The highest BCUT2D eigenvalue weighted by atomic mass is 28.3. The highest BCUT2D eigenvalue weighted by molar-refractivity contribution is 7.16. The predicted molar refractivity (Wildman–Crippen MR) is 302 cm³/mol. The Balaban J connectivity index is 1.23. The molecular weight excluding hydrogens is 850 g/mol. The first kappa shape index (κ1) is 44.4. The van der Waals surface area contributed by atoms with Gasteiger partial charge in [-0.2, -0.15) is 0 Å². The van der Waals surface area contributed by atoms with Crippen LogP contribution in [0.4, 0.5) is 45.5 Å². The zero-order chi connectivity index (χ0) is 48.4. The van der Waals surface area contributed by atoms with Crippen molar-refractivity contribution in [1.29, 1.82) is 0 Å². The normalized spacial score (nSPS) is 20.7. The van der Waals surface area contributed by atoms with E-state index in [2.05, 4.69) is 243 Å². The fourth-order valence-electron chi connectivity index (χ4n) is 13.6. The molecule has 0 saturated heterocycles. The van der Waals surface area contributed by atoms with Gasteiger partial charge in [-0.1, -0.05) is 190 Å². The van der Waals surface area contributed by atoms with Crippen LogP contribution >= 0.6 is 0 Å². The van der Waals surface area contributed by atoms with E-state index in [0.29, 0.717) is 0 Å². The Kier molecular flexibility index (Phi) is 9.43. The highest BCUT2D eigenvalue weighted by Gasteiger charge is 2.59. The van der Waals surface area contributed by atoms with Gasteiger partial charge in [-0.3, -0.25) is 0 Å². The van der Waals surface area contributed by atoms with E-state index in [4.69, 9.17) is 0 Å². The number of benzene rings is 7. The zero-order valence-corrected chi connectivity index (χ0v) is 44.5. The molecule has 3 nitrogen and oxygen atoms in total. The summed E-state index contributed by atoms with van der Waals surface area (Å²) in [7, 11) is -2.35. The van der Waals surface area contributed by atoms with Crippen LogP contribution in [0.25, 0.3) is 11.1 Å². The quantitative estimate of drug-likeness (QED) is 0.163. The third-order valence-corrected chi connectivity index (χ3v) is 21.4. The maximum atomic E-state index is 2.81. The maximum absolute atomic E-state index is 2.81. The molecule has 7 aromatic carbocycles. The number of hydrogen-bond acceptors (Lipinski definition) is 3. The van der Waals surface area contributed by atoms with E-state index in [1.807, 2.05) is 0 Å². The van der Waals surface area contributed by atoms with Gasteiger partial charge in [-0.15, -0.1) is 0 Å². The van der Waals surface area contributed by atoms with Gasteiger partial charge in [0.2, 0.25) is 0 Å². The van der Waals surface area contributed by atoms with Gasteiger partial charge in [0, 0.05) is 50.9 Å². The van der Waals surface area contributed by atoms with E-state index in [1.54, 1.807) is 10.4 Å². The van der Waals surface area contributed by atoms with Crippen LogP contribution < -0.4 is 41.5 Å². The van der Waals surface area contributed by atoms with Gasteiger partial charge in [-0.05, 0) is 140 Å². The van der Waals surface area contributed by atoms with Crippen molar-refractivity contribution in [3.8, 4) is 11.1 Å². The molecule has 4 heterocycles. The summed E-state index contributed by atoms with van der Waals surface area (Å²) >= 11 is 0. The Morgan fingerprint density at radius 1 is 0.449 bits per heavy atom. The zero-order valence-electron chi connectivity index (χ0n) is 43.5. The molecule has 4 aliphatic heterocycles. The molecule has 1 aliphatic carbocycles. The largest absolute Gasteiger partial charge is 0.334 e. The van der Waals surface area contributed by atoms with Gasteiger partial charge in [-0.25, -0.2) is 0 Å². The van der Waals surface area contributed by atoms with Crippen LogP contribution in [0.3, 0.4) is 0 Å². The van der Waals surface area contributed by atoms with E-state index < -0.39 is 8.07 Å². The fraction of sp³-hybridized carbons (Fsp3) is 0.344. The Morgan fingerprint density at radius 2 is 0.913 bits per heavy atom. The molecule has 0 bridgehead atoms. The van der Waals surface area contributed by atoms with Gasteiger partial charge in [0.15, 0.2) is 0 Å². The Morgan fingerprint density at radius 3 is 1.45 bits per heavy atom. The summed E-state index contributed by atoms with van der Waals surface area (Å²) in [5.74, 6) is 0. The topological polar surface area (TPSA) is 9.72 Å². The second kappa shape index (κ2) is 14.6. The van der Waals surface area contributed by atoms with Gasteiger partial charge in [0.25, 0.3) is 6.71 Å². The van der Waals surface area contributed by atoms with Gasteiger partial charge >= 0.3 is 0 Å². The van der Waals surface area contributed by atoms with Crippen LogP contribution in [0.1, 0.15) is 124 Å². The monoisotopic (exact) mass is 920 g/mol. The summed E-state index contributed by atoms with van der Waals surface area (Å²) in [4.78, 5) is 8.23. The second-order valence-corrected chi connectivity index (χ2v) is 29.7. The van der Waals surface area contributed by atoms with E-state index >= 15 is 0 Å². The van der Waals surface area contributed by atoms with Crippen LogP contribution in [0, 0.1) is 0 Å². The number of fused-ring (bicyclic) bond motifs is 3. The molecule has 0 spiro atoms. The summed E-state index contributed by atoms with van der Waals surface area (Å²) in [6.07, 6.45) is 4.85. The van der Waals surface area contributed by atoms with Crippen LogP contribution in [0.5, 0.6) is 0 Å². The van der Waals surface area contributed by atoms with E-state index in [9.17, 15) is 0 Å². The Labute approximate surface area is 414 Å². The number of hydrogen-bond donors (Lipinski definition) is 0. The Hall–Kier alpha value is -5.78. The molecule has 1 saturated carbocycles. The molecule has 1 fully saturated rings. The molecule has 7 aromatic rings. The van der Waals surface area contributed by atoms with E-state index in [1.165, 1.54) is 115 Å². The number of para-hydroxylation sites is 1. The molecule has 5 heteroatoms. The van der Waals surface area contributed by atoms with Gasteiger partial charge < -0.3 is 14.7 Å². The summed E-state index contributed by atoms with van der Waals surface area (Å²) in [6.45, 7) is 32.0. The van der Waals surface area contributed by atoms with Crippen LogP contribution in [0.15, 0.2) is 140 Å². The minimum absolute atomic E-state index is 0.0240. The molecule has 2 unspecified atom stereocenters. The SMILES string of the molecule is CC(C)(C)c1ccc(N2c3cc(N4c5ccccc5C5(C)CCCCC45C)cc4c3B3c5c(cc(C(C)(C)C)cc5[Si](C)(C)c5cc(C(C)(C)C)cc2c53)N4c2ccc(-c3ccccc3)cc2)cc1. The molecule has 2 atom stereocenters. The molecule has 0 N–H and O–H groups in total. The van der Waals surface area contributed by atoms with Crippen molar-refractivity contribution in [3.05, 3.63) is 162 Å². The van der Waals surface area contributed by atoms with E-state index in [0.717, 1.165) is 6.42 Å². The van der Waals surface area contributed by atoms with Crippen molar-refractivity contribution in [2.75, 3.05) is 14.7 Å². The Bertz CT molecular complexity index is 3240. The van der Waals surface area contributed by atoms with Crippen LogP contribution in [-0.2, 0) is 21.7 Å². The van der Waals surface area contributed by atoms with Crippen molar-refractivity contribution in [2.45, 2.75) is 142 Å². The van der Waals surface area contributed by atoms with Gasteiger partial charge in [0.1, 0.15) is 8.07 Å².